The summed E-state index contributed by atoms with van der Waals surface area (Å²) in [5, 5.41) is 42.0. The van der Waals surface area contributed by atoms with E-state index in [-0.39, 0.29) is 44.5 Å². The molecule has 16 nitrogen and oxygen atoms in total. The average molecular weight is 610 g/mol. The molecule has 6 N–H and O–H groups in total. The average Bonchev–Trinajstić information content (AvgIpc) is 3.35. The van der Waals surface area contributed by atoms with Crippen molar-refractivity contribution in [2.24, 2.45) is 0 Å². The summed E-state index contributed by atoms with van der Waals surface area (Å²) in [7, 11) is -0.898. The number of unbranched alkanes of at least 4 members (excludes halogenated alkanes) is 1. The van der Waals surface area contributed by atoms with Crippen molar-refractivity contribution in [1.29, 1.82) is 0 Å². The van der Waals surface area contributed by atoms with Gasteiger partial charge in [-0.25, -0.2) is 19.1 Å². The van der Waals surface area contributed by atoms with Gasteiger partial charge in [-0.15, -0.1) is 5.10 Å². The standard InChI is InChI=1S/C24H33BF2N8O8/c1-34(14-25(26)27)11-17-13-35(33-32-17)12-16-6-5-15(10-29-16)21(38)28-9-3-2-4-18(22(39)40)30-24(43)31-19(23(41)42)7-8-20(36)37/h5-6,10,13,18-19H,2-4,7-9,11-12,14H2,1H3,(H,28,38)(H,36,37)(H,39,40)(H,41,42)(H2,30,31,43)/t18-,19-/m0/s1. The van der Waals surface area contributed by atoms with E-state index in [4.69, 9.17) is 10.2 Å². The summed E-state index contributed by atoms with van der Waals surface area (Å²) in [4.78, 5) is 63.5. The summed E-state index contributed by atoms with van der Waals surface area (Å²) in [6.45, 7) is 0.670. The fraction of sp³-hybridized carbons (Fsp3) is 0.500. The predicted molar refractivity (Wildman–Crippen MR) is 145 cm³/mol. The highest BCUT2D eigenvalue weighted by Gasteiger charge is 2.24. The zero-order valence-corrected chi connectivity index (χ0v) is 23.3. The lowest BCUT2D eigenvalue weighted by Crippen LogP contribution is -2.51. The molecule has 0 saturated carbocycles. The topological polar surface area (TPSA) is 229 Å². The van der Waals surface area contributed by atoms with Crippen LogP contribution in [-0.4, -0.2) is 109 Å². The fourth-order valence-electron chi connectivity index (χ4n) is 3.80. The molecular formula is C24H33BF2N8O8. The molecule has 2 atom stereocenters. The van der Waals surface area contributed by atoms with Crippen LogP contribution in [0.5, 0.6) is 0 Å². The van der Waals surface area contributed by atoms with Gasteiger partial charge in [-0.3, -0.25) is 23.2 Å². The van der Waals surface area contributed by atoms with Crippen LogP contribution in [0, 0.1) is 0 Å². The van der Waals surface area contributed by atoms with Crippen molar-refractivity contribution in [3.63, 3.8) is 0 Å². The molecule has 234 valence electrons. The van der Waals surface area contributed by atoms with Crippen molar-refractivity contribution in [2.45, 2.75) is 57.3 Å². The Morgan fingerprint density at radius 1 is 1.00 bits per heavy atom. The van der Waals surface area contributed by atoms with Gasteiger partial charge in [0.2, 0.25) is 0 Å². The molecule has 0 spiro atoms. The van der Waals surface area contributed by atoms with E-state index in [1.807, 2.05) is 0 Å². The lowest BCUT2D eigenvalue weighted by molar-refractivity contribution is -0.140. The smallest absolute Gasteiger partial charge is 0.481 e. The highest BCUT2D eigenvalue weighted by Crippen LogP contribution is 2.06. The zero-order valence-electron chi connectivity index (χ0n) is 23.3. The van der Waals surface area contributed by atoms with Crippen LogP contribution >= 0.6 is 0 Å². The molecule has 2 rings (SSSR count). The van der Waals surface area contributed by atoms with Crippen molar-refractivity contribution < 1.29 is 47.9 Å². The second-order valence-electron chi connectivity index (χ2n) is 9.62. The van der Waals surface area contributed by atoms with Gasteiger partial charge in [0.05, 0.1) is 29.7 Å². The number of urea groups is 1. The lowest BCUT2D eigenvalue weighted by atomic mass is 9.99. The predicted octanol–water partition coefficient (Wildman–Crippen LogP) is 0.0901. The van der Waals surface area contributed by atoms with Crippen LogP contribution in [0.4, 0.5) is 13.4 Å². The molecule has 2 aromatic heterocycles. The Balaban J connectivity index is 1.74. The molecule has 2 aromatic rings. The summed E-state index contributed by atoms with van der Waals surface area (Å²) in [6.07, 6.45) is 2.42. The molecule has 0 aliphatic heterocycles. The number of aromatic nitrogens is 4. The van der Waals surface area contributed by atoms with E-state index >= 15 is 0 Å². The number of hydrogen-bond acceptors (Lipinski definition) is 9. The Hall–Kier alpha value is -4.68. The monoisotopic (exact) mass is 610 g/mol. The Kier molecular flexibility index (Phi) is 13.9. The number of amides is 3. The summed E-state index contributed by atoms with van der Waals surface area (Å²) < 4.78 is 26.4. The van der Waals surface area contributed by atoms with E-state index in [0.29, 0.717) is 24.2 Å². The summed E-state index contributed by atoms with van der Waals surface area (Å²) in [5.41, 5.74) is 1.39. The summed E-state index contributed by atoms with van der Waals surface area (Å²) in [5.74, 6) is -4.45. The van der Waals surface area contributed by atoms with Crippen LogP contribution < -0.4 is 16.0 Å². The van der Waals surface area contributed by atoms with E-state index in [2.05, 4.69) is 31.2 Å². The fourth-order valence-corrected chi connectivity index (χ4v) is 3.80. The first-order valence-electron chi connectivity index (χ1n) is 13.2. The third-order valence-electron chi connectivity index (χ3n) is 5.94. The number of hydrogen-bond donors (Lipinski definition) is 6. The van der Waals surface area contributed by atoms with Gasteiger partial charge in [-0.05, 0) is 44.9 Å². The molecule has 0 radical (unpaired) electrons. The quantitative estimate of drug-likeness (QED) is 0.0919. The van der Waals surface area contributed by atoms with Crippen molar-refractivity contribution in [2.75, 3.05) is 20.0 Å². The van der Waals surface area contributed by atoms with E-state index in [1.165, 1.54) is 15.8 Å². The highest BCUT2D eigenvalue weighted by molar-refractivity contribution is 6.42. The van der Waals surface area contributed by atoms with Gasteiger partial charge in [0.1, 0.15) is 12.1 Å². The van der Waals surface area contributed by atoms with Crippen molar-refractivity contribution >= 4 is 37.1 Å². The van der Waals surface area contributed by atoms with Gasteiger partial charge in [-0.2, -0.15) is 0 Å². The molecule has 0 fully saturated rings. The second-order valence-corrected chi connectivity index (χ2v) is 9.62. The van der Waals surface area contributed by atoms with E-state index < -0.39 is 55.6 Å². The molecule has 2 heterocycles. The number of halogens is 2. The van der Waals surface area contributed by atoms with Gasteiger partial charge in [0, 0.05) is 32.2 Å². The highest BCUT2D eigenvalue weighted by atomic mass is 19.2. The number of carbonyl (C=O) groups is 5. The molecule has 0 aromatic carbocycles. The number of nitrogens with one attached hydrogen (secondary N) is 3. The maximum absolute atomic E-state index is 12.5. The van der Waals surface area contributed by atoms with Gasteiger partial charge >= 0.3 is 31.2 Å². The third-order valence-corrected chi connectivity index (χ3v) is 5.94. The van der Waals surface area contributed by atoms with Crippen LogP contribution in [0.3, 0.4) is 0 Å². The summed E-state index contributed by atoms with van der Waals surface area (Å²) in [6, 6.07) is -0.698. The minimum Gasteiger partial charge on any atom is -0.481 e. The number of rotatable bonds is 19. The van der Waals surface area contributed by atoms with Crippen LogP contribution in [0.1, 0.15) is 53.8 Å². The maximum Gasteiger partial charge on any atom is 0.551 e. The normalized spacial score (nSPS) is 12.3. The molecule has 0 aliphatic rings. The molecule has 43 heavy (non-hydrogen) atoms. The number of pyridine rings is 1. The Bertz CT molecular complexity index is 1250. The molecule has 0 unspecified atom stereocenters. The van der Waals surface area contributed by atoms with Crippen LogP contribution in [0.25, 0.3) is 0 Å². The van der Waals surface area contributed by atoms with Gasteiger partial charge in [0.25, 0.3) is 5.91 Å². The number of aliphatic carboxylic acids is 3. The minimum absolute atomic E-state index is 0.00571. The molecule has 3 amide bonds. The zero-order chi connectivity index (χ0) is 31.9. The van der Waals surface area contributed by atoms with Gasteiger partial charge < -0.3 is 36.2 Å². The first-order valence-corrected chi connectivity index (χ1v) is 13.2. The van der Waals surface area contributed by atoms with Gasteiger partial charge in [0.15, 0.2) is 0 Å². The lowest BCUT2D eigenvalue weighted by Gasteiger charge is -2.18. The molecule has 0 bridgehead atoms. The number of carboxylic acids is 3. The van der Waals surface area contributed by atoms with Gasteiger partial charge in [-0.1, -0.05) is 5.21 Å². The van der Waals surface area contributed by atoms with Crippen LogP contribution in [0.2, 0.25) is 0 Å². The van der Waals surface area contributed by atoms with E-state index in [1.54, 1.807) is 25.4 Å². The Morgan fingerprint density at radius 3 is 2.26 bits per heavy atom. The molecule has 0 aliphatic carbocycles. The molecule has 0 saturated heterocycles. The van der Waals surface area contributed by atoms with Crippen molar-refractivity contribution in [1.82, 2.24) is 40.8 Å². The number of carbonyl (C=O) groups excluding carboxylic acids is 2. The maximum atomic E-state index is 12.5. The van der Waals surface area contributed by atoms with Crippen molar-refractivity contribution in [3.05, 3.63) is 41.5 Å². The van der Waals surface area contributed by atoms with Crippen molar-refractivity contribution in [3.8, 4) is 0 Å². The SMILES string of the molecule is CN(CB(F)F)Cc1cn(Cc2ccc(C(=O)NCCCC[C@H](NC(=O)N[C@@H](CCC(=O)O)C(=O)O)C(=O)O)cn2)nn1. The van der Waals surface area contributed by atoms with Crippen LogP contribution in [-0.2, 0) is 27.5 Å². The number of carboxylic acid groups (broad SMARTS) is 3. The Labute approximate surface area is 245 Å². The summed E-state index contributed by atoms with van der Waals surface area (Å²) >= 11 is 0. The molecule has 19 heteroatoms. The first-order chi connectivity index (χ1) is 20.3. The molecular weight excluding hydrogens is 577 g/mol. The van der Waals surface area contributed by atoms with E-state index in [9.17, 15) is 37.7 Å². The number of nitrogens with zero attached hydrogens (tertiary/aromatic N) is 5. The first kappa shape index (κ1) is 34.5. The Morgan fingerprint density at radius 2 is 1.67 bits per heavy atom. The third kappa shape index (κ3) is 13.2. The minimum atomic E-state index is -2.45. The van der Waals surface area contributed by atoms with Crippen LogP contribution in [0.15, 0.2) is 24.5 Å². The van der Waals surface area contributed by atoms with E-state index in [0.717, 1.165) is 0 Å². The largest absolute Gasteiger partial charge is 0.551 e. The second kappa shape index (κ2) is 17.3.